The van der Waals surface area contributed by atoms with Crippen molar-refractivity contribution in [1.29, 1.82) is 0 Å². The van der Waals surface area contributed by atoms with Crippen LogP contribution in [0.15, 0.2) is 41.3 Å². The van der Waals surface area contributed by atoms with E-state index in [2.05, 4.69) is 5.32 Å². The molecular weight excluding hydrogens is 314 g/mol. The third kappa shape index (κ3) is 3.58. The summed E-state index contributed by atoms with van der Waals surface area (Å²) in [7, 11) is -4.07. The van der Waals surface area contributed by atoms with Crippen LogP contribution in [0.25, 0.3) is 10.8 Å². The molecule has 8 heteroatoms. The molecule has 2 N–H and O–H groups in total. The number of nitrogens with one attached hydrogen (secondary N) is 2. The zero-order valence-electron chi connectivity index (χ0n) is 11.6. The largest absolute Gasteiger partial charge is 0.326 e. The van der Waals surface area contributed by atoms with Gasteiger partial charge in [0.2, 0.25) is 15.9 Å². The first-order valence-electron chi connectivity index (χ1n) is 6.38. The Hall–Kier alpha value is -2.06. The summed E-state index contributed by atoms with van der Waals surface area (Å²) in [4.78, 5) is 11.1. The molecule has 5 nitrogen and oxygen atoms in total. The number of carbonyl (C=O) groups excluding carboxylic acids is 1. The van der Waals surface area contributed by atoms with Crippen molar-refractivity contribution < 1.29 is 22.0 Å². The number of alkyl halides is 2. The van der Waals surface area contributed by atoms with Gasteiger partial charge in [-0.2, -0.15) is 0 Å². The number of hydrogen-bond donors (Lipinski definition) is 2. The number of rotatable bonds is 5. The van der Waals surface area contributed by atoms with Crippen LogP contribution in [-0.2, 0) is 14.8 Å². The van der Waals surface area contributed by atoms with Crippen molar-refractivity contribution in [2.45, 2.75) is 18.2 Å². The third-order valence-electron chi connectivity index (χ3n) is 2.91. The molecule has 0 aliphatic rings. The van der Waals surface area contributed by atoms with E-state index < -0.39 is 23.0 Å². The normalized spacial score (nSPS) is 11.8. The maximum absolute atomic E-state index is 12.2. The van der Waals surface area contributed by atoms with E-state index in [1.165, 1.54) is 19.1 Å². The number of fused-ring (bicyclic) bond motifs is 1. The van der Waals surface area contributed by atoms with Crippen LogP contribution in [0.1, 0.15) is 6.92 Å². The predicted octanol–water partition coefficient (Wildman–Crippen LogP) is 2.34. The van der Waals surface area contributed by atoms with Crippen LogP contribution in [0.3, 0.4) is 0 Å². The predicted molar refractivity (Wildman–Crippen MR) is 79.4 cm³/mol. The summed E-state index contributed by atoms with van der Waals surface area (Å²) >= 11 is 0. The summed E-state index contributed by atoms with van der Waals surface area (Å²) in [5.41, 5.74) is 0.455. The van der Waals surface area contributed by atoms with E-state index in [0.29, 0.717) is 16.5 Å². The molecule has 0 aliphatic carbocycles. The second-order valence-corrected chi connectivity index (χ2v) is 6.32. The Morgan fingerprint density at radius 2 is 1.77 bits per heavy atom. The van der Waals surface area contributed by atoms with Gasteiger partial charge in [-0.05, 0) is 12.1 Å². The zero-order valence-corrected chi connectivity index (χ0v) is 12.5. The number of halogens is 2. The van der Waals surface area contributed by atoms with E-state index >= 15 is 0 Å². The van der Waals surface area contributed by atoms with Crippen LogP contribution >= 0.6 is 0 Å². The summed E-state index contributed by atoms with van der Waals surface area (Å²) in [5, 5.41) is 3.46. The zero-order chi connectivity index (χ0) is 16.3. The topological polar surface area (TPSA) is 75.3 Å². The average Bonchev–Trinajstić information content (AvgIpc) is 2.45. The molecule has 2 aromatic carbocycles. The third-order valence-corrected chi connectivity index (χ3v) is 4.39. The van der Waals surface area contributed by atoms with Crippen LogP contribution in [0.4, 0.5) is 14.5 Å². The Kier molecular flexibility index (Phi) is 4.72. The SMILES string of the molecule is CC(=O)Nc1ccc(S(=O)(=O)NCC(F)F)c2ccccc12. The van der Waals surface area contributed by atoms with E-state index in [0.717, 1.165) is 0 Å². The molecule has 0 heterocycles. The van der Waals surface area contributed by atoms with E-state index in [4.69, 9.17) is 0 Å². The highest BCUT2D eigenvalue weighted by atomic mass is 32.2. The Balaban J connectivity index is 2.55. The lowest BCUT2D eigenvalue weighted by Gasteiger charge is -2.12. The first kappa shape index (κ1) is 16.3. The molecule has 0 aliphatic heterocycles. The van der Waals surface area contributed by atoms with Crippen molar-refractivity contribution in [3.05, 3.63) is 36.4 Å². The first-order chi connectivity index (χ1) is 10.3. The molecule has 1 amide bonds. The van der Waals surface area contributed by atoms with Gasteiger partial charge in [0.05, 0.1) is 11.4 Å². The highest BCUT2D eigenvalue weighted by Gasteiger charge is 2.20. The lowest BCUT2D eigenvalue weighted by molar-refractivity contribution is -0.114. The first-order valence-corrected chi connectivity index (χ1v) is 7.87. The average molecular weight is 328 g/mol. The Morgan fingerprint density at radius 3 is 2.36 bits per heavy atom. The van der Waals surface area contributed by atoms with Crippen molar-refractivity contribution in [1.82, 2.24) is 4.72 Å². The van der Waals surface area contributed by atoms with Gasteiger partial charge in [-0.3, -0.25) is 4.79 Å². The number of sulfonamides is 1. The number of hydrogen-bond acceptors (Lipinski definition) is 3. The number of carbonyl (C=O) groups is 1. The van der Waals surface area contributed by atoms with Gasteiger partial charge in [0.15, 0.2) is 0 Å². The molecular formula is C14H14F2N2O3S. The molecule has 2 rings (SSSR count). The molecule has 0 spiro atoms. The fraction of sp³-hybridized carbons (Fsp3) is 0.214. The van der Waals surface area contributed by atoms with Crippen molar-refractivity contribution in [2.75, 3.05) is 11.9 Å². The number of benzene rings is 2. The van der Waals surface area contributed by atoms with Gasteiger partial charge in [0, 0.05) is 23.4 Å². The van der Waals surface area contributed by atoms with Crippen LogP contribution in [0, 0.1) is 0 Å². The summed E-state index contributed by atoms with van der Waals surface area (Å²) in [6.45, 7) is 0.383. The number of anilines is 1. The van der Waals surface area contributed by atoms with E-state index in [-0.39, 0.29) is 10.8 Å². The fourth-order valence-electron chi connectivity index (χ4n) is 2.05. The Morgan fingerprint density at radius 1 is 1.14 bits per heavy atom. The van der Waals surface area contributed by atoms with Crippen molar-refractivity contribution >= 4 is 32.4 Å². The standard InChI is InChI=1S/C14H14F2N2O3S/c1-9(19)18-12-6-7-13(11-5-3-2-4-10(11)12)22(20,21)17-8-14(15)16/h2-7,14,17H,8H2,1H3,(H,18,19). The molecule has 0 atom stereocenters. The Labute approximate surface area is 126 Å². The minimum atomic E-state index is -4.07. The maximum atomic E-state index is 12.2. The second-order valence-electron chi connectivity index (χ2n) is 4.58. The summed E-state index contributed by atoms with van der Waals surface area (Å²) in [6, 6.07) is 9.23. The summed E-state index contributed by atoms with van der Waals surface area (Å²) in [5.74, 6) is -0.295. The quantitative estimate of drug-likeness (QED) is 0.884. The van der Waals surface area contributed by atoms with Gasteiger partial charge < -0.3 is 5.32 Å². The van der Waals surface area contributed by atoms with E-state index in [1.807, 2.05) is 4.72 Å². The molecule has 0 fully saturated rings. The molecule has 0 unspecified atom stereocenters. The fourth-order valence-corrected chi connectivity index (χ4v) is 3.27. The number of amides is 1. The van der Waals surface area contributed by atoms with E-state index in [9.17, 15) is 22.0 Å². The molecule has 0 radical (unpaired) electrons. The monoisotopic (exact) mass is 328 g/mol. The van der Waals surface area contributed by atoms with Crippen LogP contribution in [-0.4, -0.2) is 27.3 Å². The van der Waals surface area contributed by atoms with Gasteiger partial charge in [0.1, 0.15) is 0 Å². The minimum absolute atomic E-state index is 0.113. The van der Waals surface area contributed by atoms with Gasteiger partial charge >= 0.3 is 0 Å². The van der Waals surface area contributed by atoms with Crippen LogP contribution in [0.5, 0.6) is 0 Å². The van der Waals surface area contributed by atoms with Crippen LogP contribution < -0.4 is 10.0 Å². The van der Waals surface area contributed by atoms with Gasteiger partial charge in [-0.25, -0.2) is 21.9 Å². The van der Waals surface area contributed by atoms with Crippen molar-refractivity contribution in [3.8, 4) is 0 Å². The lowest BCUT2D eigenvalue weighted by Crippen LogP contribution is -2.28. The van der Waals surface area contributed by atoms with Gasteiger partial charge in [-0.1, -0.05) is 24.3 Å². The highest BCUT2D eigenvalue weighted by Crippen LogP contribution is 2.29. The second kappa shape index (κ2) is 6.37. The van der Waals surface area contributed by atoms with Gasteiger partial charge in [-0.15, -0.1) is 0 Å². The van der Waals surface area contributed by atoms with Gasteiger partial charge in [0.25, 0.3) is 6.43 Å². The molecule has 2 aromatic rings. The Bertz CT molecular complexity index is 807. The molecule has 0 aromatic heterocycles. The van der Waals surface area contributed by atoms with Crippen LogP contribution in [0.2, 0.25) is 0 Å². The molecule has 0 saturated heterocycles. The summed E-state index contributed by atoms with van der Waals surface area (Å²) in [6.07, 6.45) is -2.78. The highest BCUT2D eigenvalue weighted by molar-refractivity contribution is 7.89. The molecule has 22 heavy (non-hydrogen) atoms. The van der Waals surface area contributed by atoms with Crippen molar-refractivity contribution in [3.63, 3.8) is 0 Å². The minimum Gasteiger partial charge on any atom is -0.326 e. The lowest BCUT2D eigenvalue weighted by atomic mass is 10.1. The molecule has 118 valence electrons. The molecule has 0 bridgehead atoms. The molecule has 0 saturated carbocycles. The smallest absolute Gasteiger partial charge is 0.251 e. The summed E-state index contributed by atoms with van der Waals surface area (Å²) < 4.78 is 50.6. The maximum Gasteiger partial charge on any atom is 0.251 e. The van der Waals surface area contributed by atoms with E-state index in [1.54, 1.807) is 24.3 Å². The van der Waals surface area contributed by atoms with Crippen molar-refractivity contribution in [2.24, 2.45) is 0 Å².